The Kier molecular flexibility index (Phi) is 8.21. The first-order valence-corrected chi connectivity index (χ1v) is 9.31. The van der Waals surface area contributed by atoms with Gasteiger partial charge in [0.15, 0.2) is 5.96 Å². The number of nitrogens with zero attached hydrogens (tertiary/aromatic N) is 4. The molecule has 2 aromatic rings. The molecular formula is C18H27ClN6O. The van der Waals surface area contributed by atoms with E-state index >= 15 is 0 Å². The Labute approximate surface area is 159 Å². The van der Waals surface area contributed by atoms with E-state index in [0.717, 1.165) is 37.8 Å². The maximum absolute atomic E-state index is 6.12. The Balaban J connectivity index is 1.84. The molecule has 1 unspecified atom stereocenters. The zero-order valence-corrected chi connectivity index (χ0v) is 16.3. The van der Waals surface area contributed by atoms with Gasteiger partial charge >= 0.3 is 0 Å². The van der Waals surface area contributed by atoms with Gasteiger partial charge in [-0.15, -0.1) is 10.2 Å². The first-order chi connectivity index (χ1) is 12.6. The average Bonchev–Trinajstić information content (AvgIpc) is 3.09. The van der Waals surface area contributed by atoms with Gasteiger partial charge in [0.05, 0.1) is 11.6 Å². The summed E-state index contributed by atoms with van der Waals surface area (Å²) in [6.45, 7) is 8.91. The fraction of sp³-hybridized carbons (Fsp3) is 0.500. The maximum atomic E-state index is 6.12. The van der Waals surface area contributed by atoms with Gasteiger partial charge in [0.1, 0.15) is 24.0 Å². The summed E-state index contributed by atoms with van der Waals surface area (Å²) in [5.41, 5.74) is 0. The minimum Gasteiger partial charge on any atom is -0.487 e. The highest BCUT2D eigenvalue weighted by Gasteiger charge is 2.07. The lowest BCUT2D eigenvalue weighted by Gasteiger charge is -2.16. The summed E-state index contributed by atoms with van der Waals surface area (Å²) in [6.07, 6.45) is 2.53. The Hall–Kier alpha value is -2.28. The quantitative estimate of drug-likeness (QED) is 0.518. The molecule has 1 heterocycles. The minimum absolute atomic E-state index is 0.0881. The lowest BCUT2D eigenvalue weighted by Crippen LogP contribution is -2.39. The SMILES string of the molecule is CCNC(=NCC(C)Oc1ccccc1Cl)NCCn1cnnc1CC. The predicted molar refractivity (Wildman–Crippen MR) is 105 cm³/mol. The number of aliphatic imine (C=N–C) groups is 1. The Morgan fingerprint density at radius 3 is 2.85 bits per heavy atom. The lowest BCUT2D eigenvalue weighted by molar-refractivity contribution is 0.230. The minimum atomic E-state index is -0.0881. The van der Waals surface area contributed by atoms with Crippen LogP contribution in [0.1, 0.15) is 26.6 Å². The molecule has 0 bridgehead atoms. The van der Waals surface area contributed by atoms with Crippen LogP contribution >= 0.6 is 11.6 Å². The number of hydrogen-bond acceptors (Lipinski definition) is 4. The van der Waals surface area contributed by atoms with Crippen molar-refractivity contribution < 1.29 is 4.74 Å². The molecule has 1 aromatic heterocycles. The van der Waals surface area contributed by atoms with E-state index in [2.05, 4.69) is 32.7 Å². The van der Waals surface area contributed by atoms with E-state index in [-0.39, 0.29) is 6.10 Å². The van der Waals surface area contributed by atoms with Crippen LogP contribution in [0.4, 0.5) is 0 Å². The second-order valence-electron chi connectivity index (χ2n) is 5.80. The summed E-state index contributed by atoms with van der Waals surface area (Å²) in [6, 6.07) is 7.45. The van der Waals surface area contributed by atoms with Gasteiger partial charge in [0.2, 0.25) is 0 Å². The molecule has 142 valence electrons. The fourth-order valence-corrected chi connectivity index (χ4v) is 2.57. The van der Waals surface area contributed by atoms with E-state index in [4.69, 9.17) is 16.3 Å². The van der Waals surface area contributed by atoms with E-state index in [1.54, 1.807) is 6.33 Å². The van der Waals surface area contributed by atoms with Crippen molar-refractivity contribution in [3.8, 4) is 5.75 Å². The molecule has 26 heavy (non-hydrogen) atoms. The number of para-hydroxylation sites is 1. The number of rotatable bonds is 9. The van der Waals surface area contributed by atoms with Gasteiger partial charge in [-0.3, -0.25) is 0 Å². The van der Waals surface area contributed by atoms with Crippen LogP contribution in [0.2, 0.25) is 5.02 Å². The van der Waals surface area contributed by atoms with Gasteiger partial charge in [0, 0.05) is 26.1 Å². The van der Waals surface area contributed by atoms with Crippen LogP contribution < -0.4 is 15.4 Å². The van der Waals surface area contributed by atoms with Crippen LogP contribution in [-0.2, 0) is 13.0 Å². The van der Waals surface area contributed by atoms with E-state index < -0.39 is 0 Å². The van der Waals surface area contributed by atoms with E-state index in [1.807, 2.05) is 42.7 Å². The van der Waals surface area contributed by atoms with Gasteiger partial charge in [-0.1, -0.05) is 30.7 Å². The second-order valence-corrected chi connectivity index (χ2v) is 6.21. The molecule has 0 aliphatic carbocycles. The maximum Gasteiger partial charge on any atom is 0.191 e. The van der Waals surface area contributed by atoms with Crippen molar-refractivity contribution in [1.82, 2.24) is 25.4 Å². The number of guanidine groups is 1. The number of benzene rings is 1. The average molecular weight is 379 g/mol. The molecule has 0 radical (unpaired) electrons. The van der Waals surface area contributed by atoms with Gasteiger partial charge in [0.25, 0.3) is 0 Å². The van der Waals surface area contributed by atoms with Gasteiger partial charge in [-0.05, 0) is 26.0 Å². The molecule has 0 spiro atoms. The van der Waals surface area contributed by atoms with Crippen LogP contribution in [0.3, 0.4) is 0 Å². The molecule has 8 heteroatoms. The fourth-order valence-electron chi connectivity index (χ4n) is 2.39. The first-order valence-electron chi connectivity index (χ1n) is 8.94. The van der Waals surface area contributed by atoms with E-state index in [9.17, 15) is 0 Å². The molecular weight excluding hydrogens is 352 g/mol. The highest BCUT2D eigenvalue weighted by Crippen LogP contribution is 2.24. The number of aryl methyl sites for hydroxylation is 1. The van der Waals surface area contributed by atoms with Crippen molar-refractivity contribution in [1.29, 1.82) is 0 Å². The summed E-state index contributed by atoms with van der Waals surface area (Å²) >= 11 is 6.12. The third kappa shape index (κ3) is 6.22. The number of hydrogen-bond donors (Lipinski definition) is 2. The molecule has 0 saturated heterocycles. The Bertz CT molecular complexity index is 702. The number of ether oxygens (including phenoxy) is 1. The summed E-state index contributed by atoms with van der Waals surface area (Å²) < 4.78 is 7.89. The molecule has 0 saturated carbocycles. The van der Waals surface area contributed by atoms with Crippen LogP contribution in [0.15, 0.2) is 35.6 Å². The van der Waals surface area contributed by atoms with E-state index in [1.165, 1.54) is 0 Å². The molecule has 0 aliphatic rings. The van der Waals surface area contributed by atoms with Crippen molar-refractivity contribution in [2.24, 2.45) is 4.99 Å². The number of halogens is 1. The normalized spacial score (nSPS) is 12.7. The zero-order valence-electron chi connectivity index (χ0n) is 15.6. The third-order valence-electron chi connectivity index (χ3n) is 3.67. The van der Waals surface area contributed by atoms with Crippen LogP contribution in [0.5, 0.6) is 5.75 Å². The summed E-state index contributed by atoms with van der Waals surface area (Å²) in [7, 11) is 0. The Morgan fingerprint density at radius 2 is 2.12 bits per heavy atom. The van der Waals surface area contributed by atoms with Gasteiger partial charge in [-0.25, -0.2) is 4.99 Å². The largest absolute Gasteiger partial charge is 0.487 e. The van der Waals surface area contributed by atoms with Crippen molar-refractivity contribution in [2.45, 2.75) is 39.8 Å². The van der Waals surface area contributed by atoms with Gasteiger partial charge < -0.3 is 19.9 Å². The highest BCUT2D eigenvalue weighted by atomic mass is 35.5. The number of aromatic nitrogens is 3. The summed E-state index contributed by atoms with van der Waals surface area (Å²) in [5.74, 6) is 2.42. The van der Waals surface area contributed by atoms with Crippen LogP contribution in [0, 0.1) is 0 Å². The molecule has 1 aromatic carbocycles. The topological polar surface area (TPSA) is 76.4 Å². The molecule has 2 N–H and O–H groups in total. The second kappa shape index (κ2) is 10.7. The van der Waals surface area contributed by atoms with Crippen LogP contribution in [0.25, 0.3) is 0 Å². The zero-order chi connectivity index (χ0) is 18.8. The standard InChI is InChI=1S/C18H27ClN6O/c1-4-17-24-23-13-25(17)11-10-21-18(20-5-2)22-12-14(3)26-16-9-7-6-8-15(16)19/h6-9,13-14H,4-5,10-12H2,1-3H3,(H2,20,21,22). The third-order valence-corrected chi connectivity index (χ3v) is 3.98. The van der Waals surface area contributed by atoms with Gasteiger partial charge in [-0.2, -0.15) is 0 Å². The summed E-state index contributed by atoms with van der Waals surface area (Å²) in [5, 5.41) is 15.2. The molecule has 7 nitrogen and oxygen atoms in total. The molecule has 0 aliphatic heterocycles. The lowest BCUT2D eigenvalue weighted by atomic mass is 10.3. The molecule has 0 amide bonds. The number of nitrogens with one attached hydrogen (secondary N) is 2. The first kappa shape index (κ1) is 20.0. The molecule has 2 rings (SSSR count). The van der Waals surface area contributed by atoms with Crippen molar-refractivity contribution in [3.63, 3.8) is 0 Å². The van der Waals surface area contributed by atoms with Crippen molar-refractivity contribution >= 4 is 17.6 Å². The van der Waals surface area contributed by atoms with Crippen molar-refractivity contribution in [3.05, 3.63) is 41.4 Å². The van der Waals surface area contributed by atoms with Crippen LogP contribution in [-0.4, -0.2) is 46.5 Å². The monoisotopic (exact) mass is 378 g/mol. The molecule has 0 fully saturated rings. The summed E-state index contributed by atoms with van der Waals surface area (Å²) in [4.78, 5) is 4.59. The molecule has 1 atom stereocenters. The smallest absolute Gasteiger partial charge is 0.191 e. The Morgan fingerprint density at radius 1 is 1.31 bits per heavy atom. The highest BCUT2D eigenvalue weighted by molar-refractivity contribution is 6.32. The van der Waals surface area contributed by atoms with E-state index in [0.29, 0.717) is 17.3 Å². The van der Waals surface area contributed by atoms with Crippen molar-refractivity contribution in [2.75, 3.05) is 19.6 Å². The predicted octanol–water partition coefficient (Wildman–Crippen LogP) is 2.52.